The maximum Gasteiger partial charge on any atom is 0.320 e. The molecule has 10 heteroatoms. The largest absolute Gasteiger partial charge is 0.331 e. The van der Waals surface area contributed by atoms with Crippen LogP contribution in [0.4, 0.5) is 21.0 Å². The number of nitrogens with zero attached hydrogens (tertiary/aromatic N) is 4. The molecule has 2 aromatic carbocycles. The van der Waals surface area contributed by atoms with E-state index in [4.69, 9.17) is 0 Å². The molecule has 0 bridgehead atoms. The van der Waals surface area contributed by atoms with Crippen molar-refractivity contribution in [3.8, 4) is 0 Å². The average molecular weight is 547 g/mol. The van der Waals surface area contributed by atoms with Gasteiger partial charge in [0.05, 0.1) is 0 Å². The minimum Gasteiger partial charge on any atom is -0.331 e. The summed E-state index contributed by atoms with van der Waals surface area (Å²) in [5.74, 6) is -0.346. The van der Waals surface area contributed by atoms with E-state index in [1.54, 1.807) is 38.0 Å². The maximum absolute atomic E-state index is 12.8. The number of hydrogen-bond donors (Lipinski definition) is 2. The second kappa shape index (κ2) is 12.7. The van der Waals surface area contributed by atoms with Crippen molar-refractivity contribution >= 4 is 47.4 Å². The summed E-state index contributed by atoms with van der Waals surface area (Å²) in [6.45, 7) is 1.17. The lowest BCUT2D eigenvalue weighted by Gasteiger charge is -2.26. The second-order valence-corrected chi connectivity index (χ2v) is 10.6. The van der Waals surface area contributed by atoms with E-state index < -0.39 is 12.1 Å². The topological polar surface area (TPSA) is 105 Å². The molecule has 0 aliphatic carbocycles. The van der Waals surface area contributed by atoms with Crippen molar-refractivity contribution < 1.29 is 19.2 Å². The van der Waals surface area contributed by atoms with Crippen molar-refractivity contribution in [2.24, 2.45) is 0 Å². The molecule has 212 valence electrons. The van der Waals surface area contributed by atoms with Gasteiger partial charge in [-0.3, -0.25) is 9.59 Å². The number of likely N-dealkylation sites (tertiary alicyclic amines) is 2. The highest BCUT2D eigenvalue weighted by Gasteiger charge is 2.36. The average Bonchev–Trinajstić information content (AvgIpc) is 3.63. The number of urea groups is 2. The van der Waals surface area contributed by atoms with Crippen molar-refractivity contribution in [3.63, 3.8) is 0 Å². The van der Waals surface area contributed by atoms with Crippen LogP contribution >= 0.6 is 0 Å². The number of nitrogens with one attached hydrogen (secondary N) is 2. The summed E-state index contributed by atoms with van der Waals surface area (Å²) >= 11 is 0. The van der Waals surface area contributed by atoms with E-state index in [2.05, 4.69) is 10.6 Å². The standard InChI is InChI=1S/C30H38N6O4/c1-33(2)29(39)35-19-5-7-25(35)27(37)31-23-15-11-21(12-16-23)9-10-22-13-17-24(18-14-22)32-28(38)26-8-6-20-36(26)30(40)34(3)4/h9-18,25-26H,5-8,19-20H2,1-4H3,(H,31,37)(H,32,38)/b10-9+/t25-,26-/m0/s1. The molecule has 0 spiro atoms. The smallest absolute Gasteiger partial charge is 0.320 e. The predicted molar refractivity (Wildman–Crippen MR) is 157 cm³/mol. The van der Waals surface area contributed by atoms with E-state index in [9.17, 15) is 19.2 Å². The van der Waals surface area contributed by atoms with Gasteiger partial charge in [0.1, 0.15) is 12.1 Å². The number of hydrogen-bond acceptors (Lipinski definition) is 4. The molecule has 2 aliphatic rings. The highest BCUT2D eigenvalue weighted by Crippen LogP contribution is 2.22. The molecule has 6 amide bonds. The van der Waals surface area contributed by atoms with Crippen molar-refractivity contribution in [1.82, 2.24) is 19.6 Å². The second-order valence-electron chi connectivity index (χ2n) is 10.6. The molecule has 2 saturated heterocycles. The Bertz CT molecular complexity index is 1160. The quantitative estimate of drug-likeness (QED) is 0.534. The predicted octanol–water partition coefficient (Wildman–Crippen LogP) is 4.03. The van der Waals surface area contributed by atoms with E-state index in [1.807, 2.05) is 60.7 Å². The number of rotatable bonds is 6. The van der Waals surface area contributed by atoms with Crippen molar-refractivity contribution in [2.75, 3.05) is 51.9 Å². The molecule has 0 radical (unpaired) electrons. The van der Waals surface area contributed by atoms with E-state index >= 15 is 0 Å². The summed E-state index contributed by atoms with van der Waals surface area (Å²) in [5, 5.41) is 5.86. The first-order valence-corrected chi connectivity index (χ1v) is 13.6. The summed E-state index contributed by atoms with van der Waals surface area (Å²) in [6.07, 6.45) is 6.87. The molecule has 4 rings (SSSR count). The van der Waals surface area contributed by atoms with Gasteiger partial charge in [0, 0.05) is 52.7 Å². The first-order chi connectivity index (χ1) is 19.1. The van der Waals surface area contributed by atoms with E-state index in [-0.39, 0.29) is 23.9 Å². The van der Waals surface area contributed by atoms with Crippen molar-refractivity contribution in [3.05, 3.63) is 59.7 Å². The Morgan fingerprint density at radius 1 is 0.650 bits per heavy atom. The molecule has 2 aliphatic heterocycles. The fraction of sp³-hybridized carbons (Fsp3) is 0.400. The molecule has 2 heterocycles. The number of benzene rings is 2. The molecule has 2 aromatic rings. The molecule has 0 aromatic heterocycles. The van der Waals surface area contributed by atoms with Crippen LogP contribution in [0.2, 0.25) is 0 Å². The van der Waals surface area contributed by atoms with Gasteiger partial charge in [-0.2, -0.15) is 0 Å². The van der Waals surface area contributed by atoms with Gasteiger partial charge in [-0.15, -0.1) is 0 Å². The Labute approximate surface area is 235 Å². The zero-order chi connectivity index (χ0) is 28.8. The van der Waals surface area contributed by atoms with Crippen molar-refractivity contribution in [2.45, 2.75) is 37.8 Å². The highest BCUT2D eigenvalue weighted by molar-refractivity contribution is 5.98. The number of carbonyl (C=O) groups excluding carboxylic acids is 4. The molecule has 0 saturated carbocycles. The van der Waals surface area contributed by atoms with Crippen LogP contribution in [0.1, 0.15) is 36.8 Å². The fourth-order valence-corrected chi connectivity index (χ4v) is 5.05. The minimum absolute atomic E-state index is 0.148. The number of amides is 6. The van der Waals surface area contributed by atoms with Crippen LogP contribution in [0.25, 0.3) is 12.2 Å². The van der Waals surface area contributed by atoms with Crippen LogP contribution in [-0.4, -0.2) is 96.8 Å². The van der Waals surface area contributed by atoms with Crippen LogP contribution in [0.3, 0.4) is 0 Å². The molecule has 2 atom stereocenters. The van der Waals surface area contributed by atoms with Gasteiger partial charge in [-0.05, 0) is 61.1 Å². The molecular weight excluding hydrogens is 508 g/mol. The van der Waals surface area contributed by atoms with Crippen LogP contribution in [0, 0.1) is 0 Å². The molecule has 10 nitrogen and oxygen atoms in total. The lowest BCUT2D eigenvalue weighted by atomic mass is 10.1. The third kappa shape index (κ3) is 6.80. The summed E-state index contributed by atoms with van der Waals surface area (Å²) in [4.78, 5) is 56.6. The third-order valence-corrected chi connectivity index (χ3v) is 7.19. The minimum atomic E-state index is -0.458. The lowest BCUT2D eigenvalue weighted by molar-refractivity contribution is -0.120. The monoisotopic (exact) mass is 546 g/mol. The van der Waals surface area contributed by atoms with Gasteiger partial charge >= 0.3 is 12.1 Å². The first kappa shape index (κ1) is 28.7. The van der Waals surface area contributed by atoms with Gasteiger partial charge in [0.15, 0.2) is 0 Å². The summed E-state index contributed by atoms with van der Waals surface area (Å²) in [5.41, 5.74) is 3.29. The Hall–Kier alpha value is -4.34. The van der Waals surface area contributed by atoms with Gasteiger partial charge in [-0.25, -0.2) is 9.59 Å². The van der Waals surface area contributed by atoms with E-state index in [0.717, 1.165) is 24.0 Å². The fourth-order valence-electron chi connectivity index (χ4n) is 5.05. The molecule has 2 N–H and O–H groups in total. The number of carbonyl (C=O) groups is 4. The van der Waals surface area contributed by atoms with Gasteiger partial charge in [0.2, 0.25) is 11.8 Å². The van der Waals surface area contributed by atoms with Gasteiger partial charge in [0.25, 0.3) is 0 Å². The van der Waals surface area contributed by atoms with Gasteiger partial charge in [-0.1, -0.05) is 36.4 Å². The Balaban J connectivity index is 1.30. The van der Waals surface area contributed by atoms with Gasteiger partial charge < -0.3 is 30.2 Å². The Morgan fingerprint density at radius 2 is 1.00 bits per heavy atom. The summed E-state index contributed by atoms with van der Waals surface area (Å²) in [7, 11) is 6.76. The van der Waals surface area contributed by atoms with Crippen LogP contribution in [0.5, 0.6) is 0 Å². The molecule has 2 fully saturated rings. The highest BCUT2D eigenvalue weighted by atomic mass is 16.2. The zero-order valence-electron chi connectivity index (χ0n) is 23.6. The van der Waals surface area contributed by atoms with E-state index in [1.165, 1.54) is 9.80 Å². The molecule has 40 heavy (non-hydrogen) atoms. The normalized spacial score (nSPS) is 18.6. The van der Waals surface area contributed by atoms with Crippen molar-refractivity contribution in [1.29, 1.82) is 0 Å². The SMILES string of the molecule is CN(C)C(=O)N1CCC[C@H]1C(=O)Nc1ccc(/C=C/c2ccc(NC(=O)[C@@H]3CCCN3C(=O)N(C)C)cc2)cc1. The Kier molecular flexibility index (Phi) is 9.08. The first-order valence-electron chi connectivity index (χ1n) is 13.6. The summed E-state index contributed by atoms with van der Waals surface area (Å²) in [6, 6.07) is 13.8. The maximum atomic E-state index is 12.8. The number of anilines is 2. The molecular formula is C30H38N6O4. The summed E-state index contributed by atoms with van der Waals surface area (Å²) < 4.78 is 0. The van der Waals surface area contributed by atoms with Crippen LogP contribution in [-0.2, 0) is 9.59 Å². The zero-order valence-corrected chi connectivity index (χ0v) is 23.6. The van der Waals surface area contributed by atoms with E-state index in [0.29, 0.717) is 37.3 Å². The third-order valence-electron chi connectivity index (χ3n) is 7.19. The Morgan fingerprint density at radius 3 is 1.32 bits per heavy atom. The molecule has 0 unspecified atom stereocenters. The van der Waals surface area contributed by atoms with Crippen LogP contribution in [0.15, 0.2) is 48.5 Å². The lowest BCUT2D eigenvalue weighted by Crippen LogP contribution is -2.47. The van der Waals surface area contributed by atoms with Crippen LogP contribution < -0.4 is 10.6 Å².